The predicted octanol–water partition coefficient (Wildman–Crippen LogP) is 1.85. The standard InChI is InChI=1S/C19H21N3O4/c1-14-7-8-16(26-14)9-10-18(24)21-22-19(25)12-11-17(23)20-13-15-5-3-2-4-6-15/h2-10H,11-13H2,1H3,(H,20,23)(H,21,24)(H,22,25)/b10-9+. The fourth-order valence-corrected chi connectivity index (χ4v) is 2.05. The maximum atomic E-state index is 11.7. The van der Waals surface area contributed by atoms with Crippen LogP contribution in [0.15, 0.2) is 53.0 Å². The van der Waals surface area contributed by atoms with E-state index in [0.717, 1.165) is 11.3 Å². The Hall–Kier alpha value is -3.35. The van der Waals surface area contributed by atoms with Gasteiger partial charge in [-0.3, -0.25) is 25.2 Å². The van der Waals surface area contributed by atoms with Crippen molar-refractivity contribution < 1.29 is 18.8 Å². The van der Waals surface area contributed by atoms with Crippen LogP contribution in [0.25, 0.3) is 6.08 Å². The highest BCUT2D eigenvalue weighted by atomic mass is 16.3. The smallest absolute Gasteiger partial charge is 0.262 e. The number of hydrogen-bond acceptors (Lipinski definition) is 4. The molecule has 26 heavy (non-hydrogen) atoms. The number of benzene rings is 1. The molecule has 1 aromatic heterocycles. The molecule has 0 aliphatic carbocycles. The molecule has 0 atom stereocenters. The number of aryl methyl sites for hydroxylation is 1. The molecule has 0 saturated heterocycles. The Balaban J connectivity index is 1.61. The first-order valence-corrected chi connectivity index (χ1v) is 8.17. The predicted molar refractivity (Wildman–Crippen MR) is 96.3 cm³/mol. The lowest BCUT2D eigenvalue weighted by atomic mass is 10.2. The molecule has 1 heterocycles. The van der Waals surface area contributed by atoms with Crippen LogP contribution in [0.5, 0.6) is 0 Å². The van der Waals surface area contributed by atoms with Crippen LogP contribution in [0.4, 0.5) is 0 Å². The molecule has 0 saturated carbocycles. The molecule has 3 amide bonds. The van der Waals surface area contributed by atoms with Gasteiger partial charge in [0.05, 0.1) is 0 Å². The second kappa shape index (κ2) is 9.83. The molecule has 7 nitrogen and oxygen atoms in total. The largest absolute Gasteiger partial charge is 0.462 e. The maximum Gasteiger partial charge on any atom is 0.262 e. The van der Waals surface area contributed by atoms with Crippen molar-refractivity contribution in [2.45, 2.75) is 26.3 Å². The van der Waals surface area contributed by atoms with Crippen molar-refractivity contribution in [2.24, 2.45) is 0 Å². The summed E-state index contributed by atoms with van der Waals surface area (Å²) in [6.07, 6.45) is 2.74. The molecule has 0 radical (unpaired) electrons. The zero-order chi connectivity index (χ0) is 18.8. The molecule has 0 bridgehead atoms. The summed E-state index contributed by atoms with van der Waals surface area (Å²) >= 11 is 0. The van der Waals surface area contributed by atoms with Crippen LogP contribution in [0.2, 0.25) is 0 Å². The summed E-state index contributed by atoms with van der Waals surface area (Å²) in [7, 11) is 0. The number of amides is 3. The number of rotatable bonds is 7. The van der Waals surface area contributed by atoms with Crippen LogP contribution < -0.4 is 16.2 Å². The number of nitrogens with one attached hydrogen (secondary N) is 3. The topological polar surface area (TPSA) is 100 Å². The minimum Gasteiger partial charge on any atom is -0.462 e. The first-order valence-electron chi connectivity index (χ1n) is 8.17. The Morgan fingerprint density at radius 2 is 1.69 bits per heavy atom. The lowest BCUT2D eigenvalue weighted by Gasteiger charge is -2.06. The molecular formula is C19H21N3O4. The Morgan fingerprint density at radius 1 is 0.962 bits per heavy atom. The highest BCUT2D eigenvalue weighted by molar-refractivity contribution is 5.93. The van der Waals surface area contributed by atoms with Crippen molar-refractivity contribution in [3.8, 4) is 0 Å². The average Bonchev–Trinajstić information content (AvgIpc) is 3.07. The Morgan fingerprint density at radius 3 is 2.38 bits per heavy atom. The Kier molecular flexibility index (Phi) is 7.17. The van der Waals surface area contributed by atoms with E-state index in [1.54, 1.807) is 19.1 Å². The summed E-state index contributed by atoms with van der Waals surface area (Å²) in [5, 5.41) is 2.73. The summed E-state index contributed by atoms with van der Waals surface area (Å²) in [6.45, 7) is 2.21. The van der Waals surface area contributed by atoms with Gasteiger partial charge in [0.2, 0.25) is 11.8 Å². The van der Waals surface area contributed by atoms with Gasteiger partial charge < -0.3 is 9.73 Å². The number of hydrazine groups is 1. The van der Waals surface area contributed by atoms with Gasteiger partial charge in [-0.1, -0.05) is 30.3 Å². The summed E-state index contributed by atoms with van der Waals surface area (Å²) in [5.41, 5.74) is 5.48. The molecule has 3 N–H and O–H groups in total. The van der Waals surface area contributed by atoms with Gasteiger partial charge in [0, 0.05) is 25.5 Å². The normalized spacial score (nSPS) is 10.5. The maximum absolute atomic E-state index is 11.7. The molecule has 136 valence electrons. The summed E-state index contributed by atoms with van der Waals surface area (Å²) in [4.78, 5) is 35.0. The lowest BCUT2D eigenvalue weighted by molar-refractivity contribution is -0.129. The van der Waals surface area contributed by atoms with E-state index in [4.69, 9.17) is 4.42 Å². The van der Waals surface area contributed by atoms with Gasteiger partial charge in [0.25, 0.3) is 5.91 Å². The van der Waals surface area contributed by atoms with E-state index in [1.165, 1.54) is 12.2 Å². The zero-order valence-electron chi connectivity index (χ0n) is 14.5. The minimum absolute atomic E-state index is 0.0258. The summed E-state index contributed by atoms with van der Waals surface area (Å²) < 4.78 is 5.28. The second-order valence-corrected chi connectivity index (χ2v) is 5.58. The van der Waals surface area contributed by atoms with Gasteiger partial charge >= 0.3 is 0 Å². The monoisotopic (exact) mass is 355 g/mol. The van der Waals surface area contributed by atoms with Crippen molar-refractivity contribution in [2.75, 3.05) is 0 Å². The molecule has 0 aliphatic rings. The van der Waals surface area contributed by atoms with Crippen molar-refractivity contribution in [3.05, 3.63) is 65.6 Å². The van der Waals surface area contributed by atoms with E-state index < -0.39 is 11.8 Å². The number of carbonyl (C=O) groups is 3. The third-order valence-corrected chi connectivity index (χ3v) is 3.40. The first-order chi connectivity index (χ1) is 12.5. The Labute approximate surface area is 151 Å². The van der Waals surface area contributed by atoms with Gasteiger partial charge in [-0.05, 0) is 30.7 Å². The minimum atomic E-state index is -0.499. The van der Waals surface area contributed by atoms with Gasteiger partial charge in [-0.2, -0.15) is 0 Å². The third kappa shape index (κ3) is 7.04. The number of carbonyl (C=O) groups excluding carboxylic acids is 3. The average molecular weight is 355 g/mol. The van der Waals surface area contributed by atoms with E-state index in [1.807, 2.05) is 30.3 Å². The van der Waals surface area contributed by atoms with E-state index in [9.17, 15) is 14.4 Å². The molecule has 7 heteroatoms. The van der Waals surface area contributed by atoms with E-state index >= 15 is 0 Å². The van der Waals surface area contributed by atoms with E-state index in [0.29, 0.717) is 12.3 Å². The molecule has 0 aliphatic heterocycles. The molecule has 0 unspecified atom stereocenters. The van der Waals surface area contributed by atoms with Crippen LogP contribution in [0, 0.1) is 6.92 Å². The molecule has 2 rings (SSSR count). The van der Waals surface area contributed by atoms with E-state index in [2.05, 4.69) is 16.2 Å². The van der Waals surface area contributed by atoms with Crippen LogP contribution in [0.1, 0.15) is 29.9 Å². The van der Waals surface area contributed by atoms with Crippen LogP contribution >= 0.6 is 0 Å². The van der Waals surface area contributed by atoms with Crippen LogP contribution in [0.3, 0.4) is 0 Å². The van der Waals surface area contributed by atoms with Gasteiger partial charge in [0.1, 0.15) is 11.5 Å². The summed E-state index contributed by atoms with van der Waals surface area (Å²) in [6, 6.07) is 13.0. The molecule has 0 fully saturated rings. The van der Waals surface area contributed by atoms with Gasteiger partial charge in [-0.25, -0.2) is 0 Å². The zero-order valence-corrected chi connectivity index (χ0v) is 14.5. The van der Waals surface area contributed by atoms with Crippen molar-refractivity contribution in [1.82, 2.24) is 16.2 Å². The van der Waals surface area contributed by atoms with Crippen LogP contribution in [-0.4, -0.2) is 17.7 Å². The van der Waals surface area contributed by atoms with Crippen molar-refractivity contribution in [3.63, 3.8) is 0 Å². The number of hydrogen-bond donors (Lipinski definition) is 3. The highest BCUT2D eigenvalue weighted by Gasteiger charge is 2.07. The fourth-order valence-electron chi connectivity index (χ4n) is 2.05. The molecule has 2 aromatic rings. The second-order valence-electron chi connectivity index (χ2n) is 5.58. The molecule has 1 aromatic carbocycles. The molecule has 0 spiro atoms. The lowest BCUT2D eigenvalue weighted by Crippen LogP contribution is -2.41. The quantitative estimate of drug-likeness (QED) is 0.521. The first kappa shape index (κ1) is 19.0. The summed E-state index contributed by atoms with van der Waals surface area (Å²) in [5.74, 6) is 0.0998. The van der Waals surface area contributed by atoms with Crippen molar-refractivity contribution in [1.29, 1.82) is 0 Å². The van der Waals surface area contributed by atoms with Crippen molar-refractivity contribution >= 4 is 23.8 Å². The Bertz CT molecular complexity index is 781. The van der Waals surface area contributed by atoms with Gasteiger partial charge in [0.15, 0.2) is 0 Å². The third-order valence-electron chi connectivity index (χ3n) is 3.40. The fraction of sp³-hybridized carbons (Fsp3) is 0.211. The molecular weight excluding hydrogens is 334 g/mol. The number of furan rings is 1. The van der Waals surface area contributed by atoms with Gasteiger partial charge in [-0.15, -0.1) is 0 Å². The van der Waals surface area contributed by atoms with Crippen LogP contribution in [-0.2, 0) is 20.9 Å². The van der Waals surface area contributed by atoms with E-state index in [-0.39, 0.29) is 18.7 Å². The SMILES string of the molecule is Cc1ccc(/C=C/C(=O)NNC(=O)CCC(=O)NCc2ccccc2)o1. The highest BCUT2D eigenvalue weighted by Crippen LogP contribution is 2.07.